The molecule has 506 valence electrons. The van der Waals surface area contributed by atoms with E-state index in [-0.39, 0.29) is 155 Å². The van der Waals surface area contributed by atoms with Gasteiger partial charge in [0.05, 0.1) is 32.2 Å². The zero-order valence-corrected chi connectivity index (χ0v) is 52.4. The molecule has 7 amide bonds. The Morgan fingerprint density at radius 3 is 1.82 bits per heavy atom. The first kappa shape index (κ1) is 75.6. The molecular weight excluding hydrogens is 1190 g/mol. The molecule has 30 nitrogen and oxygen atoms in total. The highest BCUT2D eigenvalue weighted by atomic mass is 16.5. The number of ether oxygens (including phenoxy) is 1. The molecule has 30 heteroatoms. The van der Waals surface area contributed by atoms with Crippen LogP contribution in [0.4, 0.5) is 4.79 Å². The van der Waals surface area contributed by atoms with Crippen LogP contribution in [0.25, 0.3) is 0 Å². The van der Waals surface area contributed by atoms with Crippen LogP contribution in [0, 0.1) is 0 Å². The monoisotopic (exact) mass is 1290 g/mol. The van der Waals surface area contributed by atoms with Crippen molar-refractivity contribution in [3.63, 3.8) is 0 Å². The first-order valence-electron chi connectivity index (χ1n) is 31.0. The SMILES string of the molecule is CCC(=O)NCCNC(=O)NC(N)=NCCC[C@@H](NC(=O)[C@@H](c1ccccc1)c1cccc(OCCCCNC(=O)[C@@H](CCCCN)NC(=O)CCNC(C=O)N2CCN(CC(=O)O)CCN(CC(=O)O)CCN(CC(=O)O)CC2)c1)C(=O)NCc1ccc(O)cc1. The third-order valence-electron chi connectivity index (χ3n) is 14.8. The maximum absolute atomic E-state index is 14.5. The third kappa shape index (κ3) is 30.8. The third-order valence-corrected chi connectivity index (χ3v) is 14.8. The van der Waals surface area contributed by atoms with Gasteiger partial charge in [-0.15, -0.1) is 0 Å². The fourth-order valence-corrected chi connectivity index (χ4v) is 9.83. The summed E-state index contributed by atoms with van der Waals surface area (Å²) in [7, 11) is 0. The van der Waals surface area contributed by atoms with Crippen LogP contribution in [-0.4, -0.2) is 242 Å². The Balaban J connectivity index is 1.34. The average Bonchev–Trinajstić information content (AvgIpc) is 1.29. The van der Waals surface area contributed by atoms with Gasteiger partial charge in [0.1, 0.15) is 29.7 Å². The molecule has 3 aromatic carbocycles. The number of phenolic OH excluding ortho intramolecular Hbond substituents is 1. The number of benzene rings is 3. The smallest absolute Gasteiger partial charge is 0.321 e. The number of carboxylic acids is 3. The molecule has 0 radical (unpaired) electrons. The number of aromatic hydroxyl groups is 1. The molecule has 0 aromatic heterocycles. The first-order chi connectivity index (χ1) is 44.3. The summed E-state index contributed by atoms with van der Waals surface area (Å²) in [5, 5.41) is 60.7. The molecule has 0 aliphatic carbocycles. The largest absolute Gasteiger partial charge is 0.508 e. The number of amides is 7. The quantitative estimate of drug-likeness (QED) is 0.0143. The van der Waals surface area contributed by atoms with Gasteiger partial charge >= 0.3 is 23.9 Å². The fourth-order valence-electron chi connectivity index (χ4n) is 9.83. The van der Waals surface area contributed by atoms with Crippen molar-refractivity contribution in [2.75, 3.05) is 118 Å². The van der Waals surface area contributed by atoms with Crippen LogP contribution in [-0.2, 0) is 49.7 Å². The number of nitrogens with one attached hydrogen (secondary N) is 8. The van der Waals surface area contributed by atoms with Gasteiger partial charge in [0.2, 0.25) is 29.5 Å². The molecule has 1 aliphatic rings. The van der Waals surface area contributed by atoms with E-state index >= 15 is 0 Å². The minimum Gasteiger partial charge on any atom is -0.508 e. The summed E-state index contributed by atoms with van der Waals surface area (Å²) in [5.74, 6) is -5.73. The molecule has 4 rings (SSSR count). The van der Waals surface area contributed by atoms with Gasteiger partial charge < -0.3 is 73.3 Å². The Morgan fingerprint density at radius 2 is 1.21 bits per heavy atom. The summed E-state index contributed by atoms with van der Waals surface area (Å²) in [6.07, 6.45) is 2.80. The minimum atomic E-state index is -1.09. The Hall–Kier alpha value is -8.81. The number of aliphatic carboxylic acids is 3. The number of carbonyl (C=O) groups is 10. The lowest BCUT2D eigenvalue weighted by Crippen LogP contribution is -2.54. The van der Waals surface area contributed by atoms with Crippen LogP contribution in [0.3, 0.4) is 0 Å². The molecule has 0 spiro atoms. The maximum atomic E-state index is 14.5. The molecule has 1 aliphatic heterocycles. The van der Waals surface area contributed by atoms with Gasteiger partial charge in [-0.3, -0.25) is 73.6 Å². The Labute approximate surface area is 536 Å². The highest BCUT2D eigenvalue weighted by Crippen LogP contribution is 2.28. The Kier molecular flexibility index (Phi) is 35.4. The maximum Gasteiger partial charge on any atom is 0.321 e. The van der Waals surface area contributed by atoms with Crippen molar-refractivity contribution in [3.8, 4) is 11.5 Å². The second kappa shape index (κ2) is 43.0. The van der Waals surface area contributed by atoms with Crippen LogP contribution in [0.5, 0.6) is 11.5 Å². The van der Waals surface area contributed by atoms with Gasteiger partial charge in [0.25, 0.3) is 0 Å². The van der Waals surface area contributed by atoms with E-state index in [2.05, 4.69) is 47.5 Å². The molecule has 3 aromatic rings. The van der Waals surface area contributed by atoms with Crippen molar-refractivity contribution in [2.24, 2.45) is 16.5 Å². The highest BCUT2D eigenvalue weighted by Gasteiger charge is 2.30. The lowest BCUT2D eigenvalue weighted by molar-refractivity contribution is -0.140. The second-order valence-corrected chi connectivity index (χ2v) is 21.9. The number of guanidine groups is 1. The van der Waals surface area contributed by atoms with Crippen LogP contribution in [0.2, 0.25) is 0 Å². The number of urea groups is 1. The molecule has 0 bridgehead atoms. The van der Waals surface area contributed by atoms with Crippen LogP contribution in [0.1, 0.15) is 87.3 Å². The van der Waals surface area contributed by atoms with Crippen LogP contribution >= 0.6 is 0 Å². The van der Waals surface area contributed by atoms with Crippen molar-refractivity contribution in [1.29, 1.82) is 0 Å². The van der Waals surface area contributed by atoms with Crippen molar-refractivity contribution in [2.45, 2.75) is 95.4 Å². The number of hydrogen-bond donors (Lipinski definition) is 14. The summed E-state index contributed by atoms with van der Waals surface area (Å²) in [6, 6.07) is 19.8. The van der Waals surface area contributed by atoms with E-state index < -0.39 is 71.7 Å². The van der Waals surface area contributed by atoms with E-state index in [1.165, 1.54) is 12.1 Å². The number of nitrogens with zero attached hydrogens (tertiary/aromatic N) is 5. The summed E-state index contributed by atoms with van der Waals surface area (Å²) in [5.41, 5.74) is 13.6. The van der Waals surface area contributed by atoms with Gasteiger partial charge in [-0.1, -0.05) is 61.5 Å². The normalized spacial score (nSPS) is 15.1. The lowest BCUT2D eigenvalue weighted by Gasteiger charge is -2.35. The van der Waals surface area contributed by atoms with Gasteiger partial charge in [0.15, 0.2) is 12.2 Å². The number of phenols is 1. The van der Waals surface area contributed by atoms with E-state index in [0.717, 1.165) is 0 Å². The lowest BCUT2D eigenvalue weighted by atomic mass is 9.90. The number of carbonyl (C=O) groups excluding carboxylic acids is 7. The Morgan fingerprint density at radius 1 is 0.620 bits per heavy atom. The number of carboxylic acid groups (broad SMARTS) is 3. The zero-order chi connectivity index (χ0) is 67.0. The molecule has 16 N–H and O–H groups in total. The van der Waals surface area contributed by atoms with Gasteiger partial charge in [-0.25, -0.2) is 4.79 Å². The second-order valence-electron chi connectivity index (χ2n) is 21.9. The van der Waals surface area contributed by atoms with Gasteiger partial charge in [0, 0.05) is 104 Å². The van der Waals surface area contributed by atoms with E-state index in [1.54, 1.807) is 87.2 Å². The summed E-state index contributed by atoms with van der Waals surface area (Å²) < 4.78 is 6.16. The van der Waals surface area contributed by atoms with E-state index in [4.69, 9.17) is 16.2 Å². The molecule has 0 saturated carbocycles. The molecule has 1 saturated heterocycles. The van der Waals surface area contributed by atoms with Gasteiger partial charge in [-0.05, 0) is 92.4 Å². The number of nitrogens with two attached hydrogens (primary N) is 2. The molecule has 1 heterocycles. The zero-order valence-electron chi connectivity index (χ0n) is 52.4. The van der Waals surface area contributed by atoms with Crippen molar-refractivity contribution in [3.05, 3.63) is 95.6 Å². The van der Waals surface area contributed by atoms with Gasteiger partial charge in [-0.2, -0.15) is 0 Å². The van der Waals surface area contributed by atoms with Crippen LogP contribution < -0.4 is 58.7 Å². The predicted octanol–water partition coefficient (Wildman–Crippen LogP) is -0.885. The fraction of sp³-hybridized carbons (Fsp3) is 0.532. The van der Waals surface area contributed by atoms with Crippen molar-refractivity contribution < 1.29 is 73.1 Å². The van der Waals surface area contributed by atoms with E-state index in [0.29, 0.717) is 73.8 Å². The standard InChI is InChI=1S/C62H93N15O15/c1-2-52(80)66-27-28-69-62(91)73-61(64)68-25-11-17-50(59(89)70-39-44-18-20-47(79)21-19-44)72-60(90)57(45-12-4-3-5-13-45)46-14-10-15-48(38-46)92-37-9-8-24-67-58(88)49(16-6-7-23-63)71-53(81)22-26-65-51(43-78)77-35-33-75(41-55(84)85)31-29-74(40-54(82)83)30-32-76(34-36-77)42-56(86)87/h3-5,10,12-15,18-21,38,43,49-51,57,65,79H,2,6-9,11,16-17,22-37,39-42,63H2,1H3,(H,66,80)(H,67,88)(H,70,89)(H,71,81)(H,72,90)(H,82,83)(H,84,85)(H,86,87)(H4,64,68,69,73,91)/t49-,50-,51?,57+/m1/s1. The molecule has 92 heavy (non-hydrogen) atoms. The molecular formula is C62H93N15O15. The number of unbranched alkanes of at least 4 members (excludes halogenated alkanes) is 2. The van der Waals surface area contributed by atoms with Crippen LogP contribution in [0.15, 0.2) is 83.9 Å². The Bertz CT molecular complexity index is 2800. The van der Waals surface area contributed by atoms with E-state index in [1.807, 2.05) is 6.07 Å². The number of hydrogen-bond acceptors (Lipinski definition) is 19. The number of rotatable bonds is 39. The average molecular weight is 1290 g/mol. The first-order valence-corrected chi connectivity index (χ1v) is 31.0. The number of aldehydes is 1. The van der Waals surface area contributed by atoms with Crippen molar-refractivity contribution in [1.82, 2.24) is 62.1 Å². The predicted molar refractivity (Wildman–Crippen MR) is 341 cm³/mol. The summed E-state index contributed by atoms with van der Waals surface area (Å²) in [6.45, 7) is 3.77. The minimum absolute atomic E-state index is 0.0135. The van der Waals surface area contributed by atoms with Crippen molar-refractivity contribution >= 4 is 65.7 Å². The molecule has 1 fully saturated rings. The number of aliphatic imine (C=N–C) groups is 1. The molecule has 4 atom stereocenters. The molecule has 1 unspecified atom stereocenters. The topological polar surface area (TPSA) is 434 Å². The highest BCUT2D eigenvalue weighted by molar-refractivity contribution is 5.95. The summed E-state index contributed by atoms with van der Waals surface area (Å²) in [4.78, 5) is 138. The summed E-state index contributed by atoms with van der Waals surface area (Å²) >= 11 is 0. The van der Waals surface area contributed by atoms with E-state index in [9.17, 15) is 68.4 Å².